The van der Waals surface area contributed by atoms with Crippen LogP contribution in [0.2, 0.25) is 0 Å². The Morgan fingerprint density at radius 2 is 2.35 bits per heavy atom. The minimum Gasteiger partial charge on any atom is -0.481 e. The number of carbonyl (C=O) groups is 1. The number of nitrogens with zero attached hydrogens (tertiary/aromatic N) is 3. The molecule has 1 aromatic rings. The SMILES string of the molecule is CCCCCC(C)n1cnnc1SCC(=O)O. The van der Waals surface area contributed by atoms with Crippen molar-refractivity contribution in [3.63, 3.8) is 0 Å². The molecule has 96 valence electrons. The van der Waals surface area contributed by atoms with Crippen LogP contribution in [-0.2, 0) is 4.79 Å². The van der Waals surface area contributed by atoms with Gasteiger partial charge in [0.1, 0.15) is 6.33 Å². The molecule has 0 aliphatic carbocycles. The van der Waals surface area contributed by atoms with Crippen molar-refractivity contribution in [3.05, 3.63) is 6.33 Å². The Kier molecular flexibility index (Phi) is 6.04. The van der Waals surface area contributed by atoms with E-state index >= 15 is 0 Å². The normalized spacial score (nSPS) is 12.6. The topological polar surface area (TPSA) is 68.0 Å². The molecule has 0 aromatic carbocycles. The number of aliphatic carboxylic acids is 1. The van der Waals surface area contributed by atoms with Crippen molar-refractivity contribution in [2.45, 2.75) is 50.7 Å². The molecule has 17 heavy (non-hydrogen) atoms. The third-order valence-electron chi connectivity index (χ3n) is 2.57. The molecule has 0 aliphatic heterocycles. The summed E-state index contributed by atoms with van der Waals surface area (Å²) in [5.41, 5.74) is 0. The average molecular weight is 257 g/mol. The standard InChI is InChI=1S/C11H19N3O2S/c1-3-4-5-6-9(2)14-8-12-13-11(14)17-7-10(15)16/h8-9H,3-7H2,1-2H3,(H,15,16). The fourth-order valence-electron chi connectivity index (χ4n) is 1.59. The van der Waals surface area contributed by atoms with Gasteiger partial charge in [-0.3, -0.25) is 4.79 Å². The van der Waals surface area contributed by atoms with Crippen LogP contribution in [0.15, 0.2) is 11.5 Å². The molecule has 0 amide bonds. The Morgan fingerprint density at radius 1 is 1.59 bits per heavy atom. The highest BCUT2D eigenvalue weighted by Gasteiger charge is 2.12. The molecule has 1 aromatic heterocycles. The third-order valence-corrected chi connectivity index (χ3v) is 3.51. The second-order valence-corrected chi connectivity index (χ2v) is 4.99. The van der Waals surface area contributed by atoms with E-state index in [1.807, 2.05) is 4.57 Å². The van der Waals surface area contributed by atoms with E-state index in [9.17, 15) is 4.79 Å². The predicted molar refractivity (Wildman–Crippen MR) is 67.2 cm³/mol. The van der Waals surface area contributed by atoms with Gasteiger partial charge in [-0.15, -0.1) is 10.2 Å². The van der Waals surface area contributed by atoms with Crippen LogP contribution in [0.5, 0.6) is 0 Å². The number of rotatable bonds is 8. The van der Waals surface area contributed by atoms with Crippen LogP contribution in [0.3, 0.4) is 0 Å². The lowest BCUT2D eigenvalue weighted by Crippen LogP contribution is -2.07. The number of hydrogen-bond acceptors (Lipinski definition) is 4. The van der Waals surface area contributed by atoms with Crippen LogP contribution in [-0.4, -0.2) is 31.6 Å². The van der Waals surface area contributed by atoms with Gasteiger partial charge >= 0.3 is 5.97 Å². The van der Waals surface area contributed by atoms with Gasteiger partial charge in [0.2, 0.25) is 0 Å². The minimum absolute atomic E-state index is 0.0281. The van der Waals surface area contributed by atoms with Crippen molar-refractivity contribution >= 4 is 17.7 Å². The van der Waals surface area contributed by atoms with Gasteiger partial charge in [-0.25, -0.2) is 0 Å². The molecule has 1 rings (SSSR count). The van der Waals surface area contributed by atoms with Gasteiger partial charge in [0.15, 0.2) is 5.16 Å². The number of carboxylic acids is 1. The monoisotopic (exact) mass is 257 g/mol. The summed E-state index contributed by atoms with van der Waals surface area (Å²) in [6.45, 7) is 4.29. The number of carboxylic acid groups (broad SMARTS) is 1. The largest absolute Gasteiger partial charge is 0.481 e. The van der Waals surface area contributed by atoms with Crippen molar-refractivity contribution in [3.8, 4) is 0 Å². The lowest BCUT2D eigenvalue weighted by molar-refractivity contribution is -0.133. The smallest absolute Gasteiger partial charge is 0.313 e. The van der Waals surface area contributed by atoms with E-state index in [-0.39, 0.29) is 5.75 Å². The summed E-state index contributed by atoms with van der Waals surface area (Å²) < 4.78 is 1.96. The number of aromatic nitrogens is 3. The maximum atomic E-state index is 10.5. The van der Waals surface area contributed by atoms with E-state index < -0.39 is 5.97 Å². The Bertz CT molecular complexity index is 354. The molecule has 0 fully saturated rings. The van der Waals surface area contributed by atoms with E-state index in [0.29, 0.717) is 11.2 Å². The van der Waals surface area contributed by atoms with Crippen LogP contribution >= 0.6 is 11.8 Å². The quantitative estimate of drug-likeness (QED) is 0.572. The number of hydrogen-bond donors (Lipinski definition) is 1. The molecule has 0 saturated heterocycles. The van der Waals surface area contributed by atoms with Gasteiger partial charge in [0, 0.05) is 6.04 Å². The van der Waals surface area contributed by atoms with Crippen LogP contribution in [0.25, 0.3) is 0 Å². The molecule has 5 nitrogen and oxygen atoms in total. The van der Waals surface area contributed by atoms with Crippen LogP contribution in [0.1, 0.15) is 45.6 Å². The van der Waals surface area contributed by atoms with E-state index in [2.05, 4.69) is 24.0 Å². The molecule has 0 spiro atoms. The first-order chi connectivity index (χ1) is 8.15. The average Bonchev–Trinajstić information content (AvgIpc) is 2.74. The zero-order valence-electron chi connectivity index (χ0n) is 10.3. The molecular formula is C11H19N3O2S. The van der Waals surface area contributed by atoms with Crippen molar-refractivity contribution in [1.82, 2.24) is 14.8 Å². The summed E-state index contributed by atoms with van der Waals surface area (Å²) in [7, 11) is 0. The molecule has 6 heteroatoms. The number of thioether (sulfide) groups is 1. The first-order valence-corrected chi connectivity index (χ1v) is 6.87. The molecule has 1 atom stereocenters. The Morgan fingerprint density at radius 3 is 3.00 bits per heavy atom. The molecule has 0 radical (unpaired) electrons. The summed E-state index contributed by atoms with van der Waals surface area (Å²) in [5.74, 6) is -0.802. The van der Waals surface area contributed by atoms with Crippen LogP contribution < -0.4 is 0 Å². The molecule has 0 saturated carbocycles. The highest BCUT2D eigenvalue weighted by Crippen LogP contribution is 2.22. The molecule has 0 aliphatic rings. The summed E-state index contributed by atoms with van der Waals surface area (Å²) >= 11 is 1.22. The van der Waals surface area contributed by atoms with Crippen LogP contribution in [0, 0.1) is 0 Å². The lowest BCUT2D eigenvalue weighted by Gasteiger charge is -2.14. The Balaban J connectivity index is 2.51. The lowest BCUT2D eigenvalue weighted by atomic mass is 10.1. The minimum atomic E-state index is -0.830. The van der Waals surface area contributed by atoms with Gasteiger partial charge in [-0.05, 0) is 13.3 Å². The van der Waals surface area contributed by atoms with Crippen molar-refractivity contribution in [1.29, 1.82) is 0 Å². The zero-order chi connectivity index (χ0) is 12.7. The van der Waals surface area contributed by atoms with Crippen molar-refractivity contribution < 1.29 is 9.90 Å². The molecule has 1 N–H and O–H groups in total. The van der Waals surface area contributed by atoms with E-state index in [4.69, 9.17) is 5.11 Å². The van der Waals surface area contributed by atoms with E-state index in [0.717, 1.165) is 6.42 Å². The van der Waals surface area contributed by atoms with Gasteiger partial charge in [0.05, 0.1) is 5.75 Å². The number of unbranched alkanes of at least 4 members (excludes halogenated alkanes) is 2. The molecule has 1 heterocycles. The second kappa shape index (κ2) is 7.32. The van der Waals surface area contributed by atoms with Gasteiger partial charge < -0.3 is 9.67 Å². The van der Waals surface area contributed by atoms with Gasteiger partial charge in [-0.2, -0.15) is 0 Å². The van der Waals surface area contributed by atoms with Crippen molar-refractivity contribution in [2.75, 3.05) is 5.75 Å². The van der Waals surface area contributed by atoms with E-state index in [1.165, 1.54) is 31.0 Å². The molecule has 0 bridgehead atoms. The highest BCUT2D eigenvalue weighted by molar-refractivity contribution is 7.99. The predicted octanol–water partition coefficient (Wildman–Crippen LogP) is 2.60. The zero-order valence-corrected chi connectivity index (χ0v) is 11.1. The Labute approximate surface area is 106 Å². The molecular weight excluding hydrogens is 238 g/mol. The fourth-order valence-corrected chi connectivity index (χ4v) is 2.33. The summed E-state index contributed by atoms with van der Waals surface area (Å²) in [5, 5.41) is 17.1. The second-order valence-electron chi connectivity index (χ2n) is 4.05. The fraction of sp³-hybridized carbons (Fsp3) is 0.727. The van der Waals surface area contributed by atoms with Crippen LogP contribution in [0.4, 0.5) is 0 Å². The Hall–Kier alpha value is -1.04. The third kappa shape index (κ3) is 4.77. The van der Waals surface area contributed by atoms with Crippen molar-refractivity contribution in [2.24, 2.45) is 0 Å². The first-order valence-electron chi connectivity index (χ1n) is 5.89. The summed E-state index contributed by atoms with van der Waals surface area (Å²) in [6.07, 6.45) is 6.37. The summed E-state index contributed by atoms with van der Waals surface area (Å²) in [6, 6.07) is 0.327. The van der Waals surface area contributed by atoms with Gasteiger partial charge in [-0.1, -0.05) is 37.9 Å². The summed E-state index contributed by atoms with van der Waals surface area (Å²) in [4.78, 5) is 10.5. The van der Waals surface area contributed by atoms with Gasteiger partial charge in [0.25, 0.3) is 0 Å². The first kappa shape index (κ1) is 14.0. The maximum Gasteiger partial charge on any atom is 0.313 e. The highest BCUT2D eigenvalue weighted by atomic mass is 32.2. The van der Waals surface area contributed by atoms with E-state index in [1.54, 1.807) is 6.33 Å². The maximum absolute atomic E-state index is 10.5. The molecule has 1 unspecified atom stereocenters.